The van der Waals surface area contributed by atoms with Crippen LogP contribution in [-0.2, 0) is 4.74 Å². The van der Waals surface area contributed by atoms with Gasteiger partial charge in [-0.2, -0.15) is 0 Å². The number of aromatic nitrogens is 1. The molecule has 0 amide bonds. The van der Waals surface area contributed by atoms with E-state index >= 15 is 0 Å². The number of rotatable bonds is 2. The molecule has 1 saturated heterocycles. The third-order valence-electron chi connectivity index (χ3n) is 3.28. The van der Waals surface area contributed by atoms with Crippen LogP contribution in [0, 0.1) is 13.8 Å². The van der Waals surface area contributed by atoms with Crippen LogP contribution in [0.3, 0.4) is 0 Å². The number of aryl methyl sites for hydroxylation is 2. The average molecular weight is 222 g/mol. The van der Waals surface area contributed by atoms with E-state index in [2.05, 4.69) is 49.9 Å². The van der Waals surface area contributed by atoms with Gasteiger partial charge in [0.15, 0.2) is 0 Å². The number of hydrogen-bond donors (Lipinski definition) is 1. The minimum absolute atomic E-state index is 0.359. The van der Waals surface area contributed by atoms with Crippen molar-refractivity contribution < 1.29 is 4.74 Å². The van der Waals surface area contributed by atoms with Crippen molar-refractivity contribution in [3.63, 3.8) is 0 Å². The van der Waals surface area contributed by atoms with Gasteiger partial charge in [0, 0.05) is 17.4 Å². The normalized spacial score (nSPS) is 30.4. The lowest BCUT2D eigenvalue weighted by Crippen LogP contribution is -2.40. The maximum Gasteiger partial charge on any atom is 0.0570 e. The first-order valence-corrected chi connectivity index (χ1v) is 6.13. The number of nitrogens with one attached hydrogen (secondary N) is 1. The van der Waals surface area contributed by atoms with E-state index in [9.17, 15) is 0 Å². The summed E-state index contributed by atoms with van der Waals surface area (Å²) in [5.41, 5.74) is 6.13. The highest BCUT2D eigenvalue weighted by molar-refractivity contribution is 5.16. The molecule has 2 unspecified atom stereocenters. The van der Waals surface area contributed by atoms with E-state index in [1.54, 1.807) is 0 Å². The van der Waals surface area contributed by atoms with Crippen molar-refractivity contribution in [2.24, 2.45) is 0 Å². The molecule has 0 aromatic carbocycles. The van der Waals surface area contributed by atoms with Crippen molar-refractivity contribution in [3.8, 4) is 0 Å². The Morgan fingerprint density at radius 3 is 2.12 bits per heavy atom. The molecule has 1 N–H and O–H groups in total. The molecule has 1 fully saturated rings. The molecular weight excluding hydrogens is 200 g/mol. The van der Waals surface area contributed by atoms with E-state index in [1.165, 1.54) is 11.4 Å². The van der Waals surface area contributed by atoms with Gasteiger partial charge in [-0.3, -0.25) is 4.68 Å². The molecule has 3 heteroatoms. The molecular formula is C13H22N2O. The minimum atomic E-state index is 0.359. The van der Waals surface area contributed by atoms with Gasteiger partial charge in [0.25, 0.3) is 0 Å². The standard InChI is InChI=1S/C13H22N2O/c1-9-5-6-10(2)15(9)14-13-7-11(3)16-12(4)8-13/h5-6,11-14H,7-8H2,1-4H3. The lowest BCUT2D eigenvalue weighted by atomic mass is 10.0. The molecule has 2 atom stereocenters. The molecule has 0 saturated carbocycles. The topological polar surface area (TPSA) is 26.2 Å². The molecule has 1 aromatic heterocycles. The van der Waals surface area contributed by atoms with Crippen molar-refractivity contribution in [3.05, 3.63) is 23.5 Å². The fraction of sp³-hybridized carbons (Fsp3) is 0.692. The Kier molecular flexibility index (Phi) is 3.24. The molecule has 1 aromatic rings. The molecule has 0 radical (unpaired) electrons. The lowest BCUT2D eigenvalue weighted by Gasteiger charge is -2.34. The lowest BCUT2D eigenvalue weighted by molar-refractivity contribution is -0.0353. The number of nitrogens with zero attached hydrogens (tertiary/aromatic N) is 1. The minimum Gasteiger partial charge on any atom is -0.375 e. The second-order valence-corrected chi connectivity index (χ2v) is 5.01. The molecule has 1 aliphatic rings. The van der Waals surface area contributed by atoms with Crippen LogP contribution in [0.4, 0.5) is 0 Å². The molecule has 90 valence electrons. The summed E-state index contributed by atoms with van der Waals surface area (Å²) >= 11 is 0. The summed E-state index contributed by atoms with van der Waals surface area (Å²) in [7, 11) is 0. The van der Waals surface area contributed by atoms with Gasteiger partial charge in [-0.25, -0.2) is 0 Å². The van der Waals surface area contributed by atoms with E-state index in [0.717, 1.165) is 12.8 Å². The fourth-order valence-corrected chi connectivity index (χ4v) is 2.57. The Balaban J connectivity index is 2.04. The smallest absolute Gasteiger partial charge is 0.0570 e. The summed E-state index contributed by atoms with van der Waals surface area (Å²) in [5, 5.41) is 0. The van der Waals surface area contributed by atoms with E-state index in [-0.39, 0.29) is 0 Å². The van der Waals surface area contributed by atoms with Crippen LogP contribution in [0.15, 0.2) is 12.1 Å². The number of hydrogen-bond acceptors (Lipinski definition) is 2. The highest BCUT2D eigenvalue weighted by Crippen LogP contribution is 2.20. The third-order valence-corrected chi connectivity index (χ3v) is 3.28. The Hall–Kier alpha value is -0.960. The second kappa shape index (κ2) is 4.50. The van der Waals surface area contributed by atoms with Gasteiger partial charge in [0.05, 0.1) is 12.2 Å². The van der Waals surface area contributed by atoms with Crippen molar-refractivity contribution in [2.45, 2.75) is 58.8 Å². The Morgan fingerprint density at radius 1 is 1.12 bits per heavy atom. The van der Waals surface area contributed by atoms with Gasteiger partial charge in [-0.1, -0.05) is 0 Å². The summed E-state index contributed by atoms with van der Waals surface area (Å²) in [5.74, 6) is 0. The molecule has 0 spiro atoms. The first-order chi connectivity index (χ1) is 7.56. The Bertz CT molecular complexity index is 329. The average Bonchev–Trinajstić information content (AvgIpc) is 2.48. The number of ether oxygens (including phenoxy) is 1. The highest BCUT2D eigenvalue weighted by Gasteiger charge is 2.24. The molecule has 0 aliphatic carbocycles. The zero-order valence-electron chi connectivity index (χ0n) is 10.7. The van der Waals surface area contributed by atoms with Crippen molar-refractivity contribution in [1.82, 2.24) is 4.68 Å². The van der Waals surface area contributed by atoms with Crippen molar-refractivity contribution >= 4 is 0 Å². The molecule has 1 aliphatic heterocycles. The van der Waals surface area contributed by atoms with Gasteiger partial charge < -0.3 is 10.2 Å². The Labute approximate surface area is 97.8 Å². The van der Waals surface area contributed by atoms with E-state index in [1.807, 2.05) is 0 Å². The van der Waals surface area contributed by atoms with Crippen LogP contribution < -0.4 is 5.43 Å². The Morgan fingerprint density at radius 2 is 1.62 bits per heavy atom. The van der Waals surface area contributed by atoms with Gasteiger partial charge in [-0.15, -0.1) is 0 Å². The van der Waals surface area contributed by atoms with Crippen LogP contribution in [0.25, 0.3) is 0 Å². The monoisotopic (exact) mass is 222 g/mol. The summed E-state index contributed by atoms with van der Waals surface area (Å²) in [4.78, 5) is 0. The molecule has 2 rings (SSSR count). The SMILES string of the molecule is Cc1ccc(C)n1NC1CC(C)OC(C)C1. The predicted octanol–water partition coefficient (Wildman–Crippen LogP) is 2.60. The summed E-state index contributed by atoms with van der Waals surface area (Å²) in [6.07, 6.45) is 2.89. The van der Waals surface area contributed by atoms with Crippen LogP contribution in [-0.4, -0.2) is 22.9 Å². The van der Waals surface area contributed by atoms with E-state index in [4.69, 9.17) is 4.74 Å². The molecule has 2 heterocycles. The van der Waals surface area contributed by atoms with E-state index in [0.29, 0.717) is 18.2 Å². The van der Waals surface area contributed by atoms with Crippen LogP contribution in [0.1, 0.15) is 38.1 Å². The van der Waals surface area contributed by atoms with Crippen molar-refractivity contribution in [1.29, 1.82) is 0 Å². The second-order valence-electron chi connectivity index (χ2n) is 5.01. The van der Waals surface area contributed by atoms with Gasteiger partial charge in [0.2, 0.25) is 0 Å². The predicted molar refractivity (Wildman–Crippen MR) is 66.3 cm³/mol. The first-order valence-electron chi connectivity index (χ1n) is 6.13. The molecule has 16 heavy (non-hydrogen) atoms. The van der Waals surface area contributed by atoms with Crippen LogP contribution in [0.2, 0.25) is 0 Å². The largest absolute Gasteiger partial charge is 0.375 e. The van der Waals surface area contributed by atoms with Gasteiger partial charge >= 0.3 is 0 Å². The zero-order chi connectivity index (χ0) is 11.7. The molecule has 3 nitrogen and oxygen atoms in total. The third kappa shape index (κ3) is 2.40. The van der Waals surface area contributed by atoms with Crippen LogP contribution >= 0.6 is 0 Å². The van der Waals surface area contributed by atoms with E-state index < -0.39 is 0 Å². The van der Waals surface area contributed by atoms with Crippen LogP contribution in [0.5, 0.6) is 0 Å². The summed E-state index contributed by atoms with van der Waals surface area (Å²) in [6.45, 7) is 8.57. The van der Waals surface area contributed by atoms with Gasteiger partial charge in [0.1, 0.15) is 0 Å². The highest BCUT2D eigenvalue weighted by atomic mass is 16.5. The summed E-state index contributed by atoms with van der Waals surface area (Å²) < 4.78 is 7.94. The molecule has 0 bridgehead atoms. The maximum absolute atomic E-state index is 5.75. The zero-order valence-corrected chi connectivity index (χ0v) is 10.7. The quantitative estimate of drug-likeness (QED) is 0.832. The summed E-state index contributed by atoms with van der Waals surface area (Å²) in [6, 6.07) is 4.81. The van der Waals surface area contributed by atoms with Crippen molar-refractivity contribution in [2.75, 3.05) is 5.43 Å². The van der Waals surface area contributed by atoms with Gasteiger partial charge in [-0.05, 0) is 52.7 Å². The maximum atomic E-state index is 5.75. The fourth-order valence-electron chi connectivity index (χ4n) is 2.57. The first kappa shape index (κ1) is 11.5.